The summed E-state index contributed by atoms with van der Waals surface area (Å²) in [5, 5.41) is 0. The molecule has 0 saturated heterocycles. The van der Waals surface area contributed by atoms with Gasteiger partial charge < -0.3 is 4.79 Å². The largest absolute Gasteiger partial charge is 0.303 e. The molecule has 2 bridgehead atoms. The van der Waals surface area contributed by atoms with E-state index in [1.54, 1.807) is 0 Å². The molecule has 56 valence electrons. The van der Waals surface area contributed by atoms with Gasteiger partial charge in [0.05, 0.1) is 0 Å². The molecule has 3 saturated carbocycles. The zero-order chi connectivity index (χ0) is 7.41. The highest BCUT2D eigenvalue weighted by Crippen LogP contribution is 2.71. The van der Waals surface area contributed by atoms with Gasteiger partial charge in [-0.25, -0.2) is 0 Å². The zero-order valence-electron chi connectivity index (χ0n) is 6.68. The summed E-state index contributed by atoms with van der Waals surface area (Å²) in [7, 11) is 0. The molecule has 0 spiro atoms. The van der Waals surface area contributed by atoms with Crippen LogP contribution < -0.4 is 0 Å². The summed E-state index contributed by atoms with van der Waals surface area (Å²) < 4.78 is 0. The quantitative estimate of drug-likeness (QED) is 0.533. The predicted octanol–water partition coefficient (Wildman–Crippen LogP) is 2.01. The van der Waals surface area contributed by atoms with Crippen LogP contribution in [-0.4, -0.2) is 6.29 Å². The van der Waals surface area contributed by atoms with E-state index in [-0.39, 0.29) is 5.41 Å². The first-order valence-corrected chi connectivity index (χ1v) is 4.06. The second kappa shape index (κ2) is 1.46. The van der Waals surface area contributed by atoms with Crippen LogP contribution in [0.4, 0.5) is 0 Å². The van der Waals surface area contributed by atoms with E-state index in [4.69, 9.17) is 0 Å². The molecule has 1 heteroatoms. The van der Waals surface area contributed by atoms with Gasteiger partial charge >= 0.3 is 0 Å². The van der Waals surface area contributed by atoms with Gasteiger partial charge in [-0.15, -0.1) is 0 Å². The number of hydrogen-bond donors (Lipinski definition) is 0. The van der Waals surface area contributed by atoms with Crippen LogP contribution in [0.2, 0.25) is 0 Å². The Morgan fingerprint density at radius 1 is 1.40 bits per heavy atom. The van der Waals surface area contributed by atoms with Gasteiger partial charge in [0.1, 0.15) is 6.29 Å². The highest BCUT2D eigenvalue weighted by atomic mass is 16.1. The fourth-order valence-electron chi connectivity index (χ4n) is 2.39. The minimum absolute atomic E-state index is 0.0399. The van der Waals surface area contributed by atoms with Gasteiger partial charge in [0.15, 0.2) is 0 Å². The fraction of sp³-hybridized carbons (Fsp3) is 0.889. The highest BCUT2D eigenvalue weighted by Gasteiger charge is 2.63. The molecule has 0 radical (unpaired) electrons. The van der Waals surface area contributed by atoms with Crippen molar-refractivity contribution in [3.8, 4) is 0 Å². The number of carbonyl (C=O) groups is 1. The van der Waals surface area contributed by atoms with Gasteiger partial charge in [0.25, 0.3) is 0 Å². The Morgan fingerprint density at radius 2 is 1.90 bits per heavy atom. The van der Waals surface area contributed by atoms with Crippen molar-refractivity contribution in [2.75, 3.05) is 0 Å². The Labute approximate surface area is 61.8 Å². The van der Waals surface area contributed by atoms with E-state index in [2.05, 4.69) is 13.8 Å². The Balaban J connectivity index is 2.16. The normalized spacial score (nSPS) is 43.6. The summed E-state index contributed by atoms with van der Waals surface area (Å²) in [6, 6.07) is 0. The van der Waals surface area contributed by atoms with Gasteiger partial charge in [0, 0.05) is 5.41 Å². The maximum Gasteiger partial charge on any atom is 0.126 e. The van der Waals surface area contributed by atoms with Crippen LogP contribution in [0.3, 0.4) is 0 Å². The first kappa shape index (κ1) is 6.38. The summed E-state index contributed by atoms with van der Waals surface area (Å²) in [5.74, 6) is 0.985. The molecule has 3 aliphatic rings. The molecule has 1 nitrogen and oxygen atoms in total. The van der Waals surface area contributed by atoms with Gasteiger partial charge in [-0.05, 0) is 30.6 Å². The summed E-state index contributed by atoms with van der Waals surface area (Å²) >= 11 is 0. The first-order valence-electron chi connectivity index (χ1n) is 4.06. The number of carbonyl (C=O) groups excluding carboxylic acids is 1. The molecule has 0 aromatic carbocycles. The number of rotatable bonds is 2. The van der Waals surface area contributed by atoms with Crippen LogP contribution in [0.1, 0.15) is 33.1 Å². The molecule has 3 rings (SSSR count). The Hall–Kier alpha value is -0.330. The van der Waals surface area contributed by atoms with Crippen LogP contribution in [0.25, 0.3) is 0 Å². The maximum absolute atomic E-state index is 10.7. The maximum atomic E-state index is 10.7. The van der Waals surface area contributed by atoms with E-state index >= 15 is 0 Å². The standard InChI is InChI=1S/C9H14O/c1-8(2,6-10)9-3-7(4-9)5-9/h6-7H,3-5H2,1-2H3. The highest BCUT2D eigenvalue weighted by molar-refractivity contribution is 5.61. The average Bonchev–Trinajstić information content (AvgIpc) is 1.55. The topological polar surface area (TPSA) is 17.1 Å². The SMILES string of the molecule is CC(C)(C=O)C12CC(C1)C2. The Morgan fingerprint density at radius 3 is 2.00 bits per heavy atom. The first-order chi connectivity index (χ1) is 4.60. The third-order valence-electron chi connectivity index (χ3n) is 3.70. The molecule has 0 atom stereocenters. The van der Waals surface area contributed by atoms with E-state index in [0.717, 1.165) is 12.2 Å². The van der Waals surface area contributed by atoms with Crippen molar-refractivity contribution in [2.24, 2.45) is 16.7 Å². The van der Waals surface area contributed by atoms with E-state index in [1.165, 1.54) is 19.3 Å². The molecule has 10 heavy (non-hydrogen) atoms. The Bertz CT molecular complexity index is 164. The van der Waals surface area contributed by atoms with E-state index in [1.807, 2.05) is 0 Å². The van der Waals surface area contributed by atoms with Crippen molar-refractivity contribution in [3.05, 3.63) is 0 Å². The summed E-state index contributed by atoms with van der Waals surface area (Å²) in [5.41, 5.74) is 0.404. The minimum atomic E-state index is -0.0399. The van der Waals surface area contributed by atoms with Crippen molar-refractivity contribution < 1.29 is 4.79 Å². The van der Waals surface area contributed by atoms with Crippen molar-refractivity contribution in [2.45, 2.75) is 33.1 Å². The monoisotopic (exact) mass is 138 g/mol. The molecular weight excluding hydrogens is 124 g/mol. The summed E-state index contributed by atoms with van der Waals surface area (Å²) in [6.07, 6.45) is 5.10. The summed E-state index contributed by atoms with van der Waals surface area (Å²) in [4.78, 5) is 10.7. The summed E-state index contributed by atoms with van der Waals surface area (Å²) in [6.45, 7) is 4.16. The van der Waals surface area contributed by atoms with E-state index in [9.17, 15) is 4.79 Å². The molecule has 3 aliphatic carbocycles. The number of aldehydes is 1. The lowest BCUT2D eigenvalue weighted by atomic mass is 9.37. The molecule has 0 unspecified atom stereocenters. The third-order valence-corrected chi connectivity index (χ3v) is 3.70. The van der Waals surface area contributed by atoms with Crippen molar-refractivity contribution in [1.29, 1.82) is 0 Å². The van der Waals surface area contributed by atoms with Gasteiger partial charge in [-0.3, -0.25) is 0 Å². The second-order valence-corrected chi connectivity index (χ2v) is 4.60. The third kappa shape index (κ3) is 0.480. The van der Waals surface area contributed by atoms with Crippen molar-refractivity contribution in [3.63, 3.8) is 0 Å². The molecular formula is C9H14O. The van der Waals surface area contributed by atoms with Crippen LogP contribution in [0.15, 0.2) is 0 Å². The van der Waals surface area contributed by atoms with Crippen LogP contribution in [-0.2, 0) is 4.79 Å². The average molecular weight is 138 g/mol. The molecule has 0 aromatic rings. The van der Waals surface area contributed by atoms with Crippen LogP contribution in [0, 0.1) is 16.7 Å². The van der Waals surface area contributed by atoms with Crippen LogP contribution >= 0.6 is 0 Å². The van der Waals surface area contributed by atoms with E-state index < -0.39 is 0 Å². The Kier molecular flexibility index (Phi) is 0.934. The zero-order valence-corrected chi connectivity index (χ0v) is 6.68. The predicted molar refractivity (Wildman–Crippen MR) is 39.6 cm³/mol. The molecule has 0 amide bonds. The van der Waals surface area contributed by atoms with Gasteiger partial charge in [-0.1, -0.05) is 13.8 Å². The lowest BCUT2D eigenvalue weighted by molar-refractivity contribution is -0.185. The molecule has 3 fully saturated rings. The van der Waals surface area contributed by atoms with Crippen LogP contribution in [0.5, 0.6) is 0 Å². The fourth-order valence-corrected chi connectivity index (χ4v) is 2.39. The molecule has 0 N–H and O–H groups in total. The lowest BCUT2D eigenvalue weighted by Gasteiger charge is -2.67. The van der Waals surface area contributed by atoms with Crippen molar-refractivity contribution >= 4 is 6.29 Å². The van der Waals surface area contributed by atoms with Gasteiger partial charge in [-0.2, -0.15) is 0 Å². The smallest absolute Gasteiger partial charge is 0.126 e. The van der Waals surface area contributed by atoms with E-state index in [0.29, 0.717) is 5.41 Å². The lowest BCUT2D eigenvalue weighted by Crippen LogP contribution is -2.60. The molecule has 0 aliphatic heterocycles. The second-order valence-electron chi connectivity index (χ2n) is 4.60. The van der Waals surface area contributed by atoms with Gasteiger partial charge in [0.2, 0.25) is 0 Å². The van der Waals surface area contributed by atoms with Crippen molar-refractivity contribution in [1.82, 2.24) is 0 Å². The number of hydrogen-bond acceptors (Lipinski definition) is 1. The minimum Gasteiger partial charge on any atom is -0.303 e. The molecule has 0 aromatic heterocycles. The molecule has 0 heterocycles.